The lowest BCUT2D eigenvalue weighted by Gasteiger charge is -2.17. The largest absolute Gasteiger partial charge is 0.493 e. The third-order valence-corrected chi connectivity index (χ3v) is 3.67. The van der Waals surface area contributed by atoms with Gasteiger partial charge in [0.15, 0.2) is 5.11 Å². The number of ether oxygens (including phenoxy) is 1. The Morgan fingerprint density at radius 2 is 1.95 bits per heavy atom. The lowest BCUT2D eigenvalue weighted by atomic mass is 10.1. The van der Waals surface area contributed by atoms with Crippen molar-refractivity contribution in [3.63, 3.8) is 0 Å². The molecule has 2 amide bonds. The first kappa shape index (κ1) is 16.6. The first-order chi connectivity index (χ1) is 10.5. The molecule has 0 atom stereocenters. The zero-order valence-electron chi connectivity index (χ0n) is 11.9. The lowest BCUT2D eigenvalue weighted by molar-refractivity contribution is -0.123. The van der Waals surface area contributed by atoms with E-state index < -0.39 is 11.8 Å². The van der Waals surface area contributed by atoms with Gasteiger partial charge in [-0.1, -0.05) is 29.3 Å². The van der Waals surface area contributed by atoms with E-state index in [9.17, 15) is 9.59 Å². The molecule has 1 aliphatic rings. The van der Waals surface area contributed by atoms with E-state index in [1.165, 1.54) is 6.08 Å². The summed E-state index contributed by atoms with van der Waals surface area (Å²) in [4.78, 5) is 23.8. The van der Waals surface area contributed by atoms with Gasteiger partial charge in [0.25, 0.3) is 11.8 Å². The van der Waals surface area contributed by atoms with Gasteiger partial charge in [-0.25, -0.2) is 0 Å². The van der Waals surface area contributed by atoms with E-state index in [0.717, 1.165) is 17.3 Å². The van der Waals surface area contributed by atoms with E-state index in [0.29, 0.717) is 17.9 Å². The summed E-state index contributed by atoms with van der Waals surface area (Å²) in [6.45, 7) is 2.66. The fraction of sp³-hybridized carbons (Fsp3) is 0.267. The van der Waals surface area contributed by atoms with Crippen LogP contribution in [0.4, 0.5) is 0 Å². The van der Waals surface area contributed by atoms with Crippen LogP contribution in [0.3, 0.4) is 0 Å². The van der Waals surface area contributed by atoms with Gasteiger partial charge < -0.3 is 4.74 Å². The molecule has 2 rings (SSSR count). The minimum atomic E-state index is -0.520. The molecule has 2 N–H and O–H groups in total. The van der Waals surface area contributed by atoms with Crippen molar-refractivity contribution >= 4 is 51.2 Å². The molecule has 7 heteroatoms. The van der Waals surface area contributed by atoms with Crippen LogP contribution in [-0.2, 0) is 9.59 Å². The summed E-state index contributed by atoms with van der Waals surface area (Å²) in [6.07, 6.45) is 3.45. The molecular formula is C15H15BrN2O3S. The lowest BCUT2D eigenvalue weighted by Crippen LogP contribution is -2.51. The fourth-order valence-corrected chi connectivity index (χ4v) is 2.42. The zero-order chi connectivity index (χ0) is 16.1. The number of hydrogen-bond donors (Lipinski definition) is 2. The van der Waals surface area contributed by atoms with Gasteiger partial charge in [-0.15, -0.1) is 0 Å². The molecule has 5 nitrogen and oxygen atoms in total. The van der Waals surface area contributed by atoms with Gasteiger partial charge >= 0.3 is 0 Å². The van der Waals surface area contributed by atoms with Crippen LogP contribution in [0, 0.1) is 0 Å². The highest BCUT2D eigenvalue weighted by Crippen LogP contribution is 2.26. The smallest absolute Gasteiger partial charge is 0.263 e. The van der Waals surface area contributed by atoms with Crippen LogP contribution in [0.25, 0.3) is 6.08 Å². The molecule has 0 bridgehead atoms. The monoisotopic (exact) mass is 382 g/mol. The van der Waals surface area contributed by atoms with Gasteiger partial charge in [0.1, 0.15) is 11.3 Å². The second-order valence-electron chi connectivity index (χ2n) is 4.68. The Labute approximate surface area is 142 Å². The summed E-state index contributed by atoms with van der Waals surface area (Å²) in [5.74, 6) is -0.417. The van der Waals surface area contributed by atoms with E-state index in [1.807, 2.05) is 6.07 Å². The maximum Gasteiger partial charge on any atom is 0.263 e. The average molecular weight is 383 g/mol. The molecule has 1 fully saturated rings. The molecule has 0 saturated carbocycles. The molecular weight excluding hydrogens is 368 g/mol. The Bertz CT molecular complexity index is 636. The van der Waals surface area contributed by atoms with E-state index in [1.54, 1.807) is 12.1 Å². The second kappa shape index (κ2) is 7.51. The van der Waals surface area contributed by atoms with E-state index in [-0.39, 0.29) is 10.7 Å². The van der Waals surface area contributed by atoms with Gasteiger partial charge in [-0.2, -0.15) is 0 Å². The van der Waals surface area contributed by atoms with E-state index in [2.05, 4.69) is 33.5 Å². The van der Waals surface area contributed by atoms with Crippen LogP contribution < -0.4 is 15.4 Å². The fourth-order valence-electron chi connectivity index (χ4n) is 1.85. The van der Waals surface area contributed by atoms with E-state index >= 15 is 0 Å². The van der Waals surface area contributed by atoms with Crippen molar-refractivity contribution in [2.75, 3.05) is 6.61 Å². The standard InChI is InChI=1S/C15H15BrN2O3S/c1-2-3-6-21-12-5-4-10(16)7-9(12)8-11-13(19)17-15(22)18-14(11)20/h4-5,7-8H,2-3,6H2,1H3,(H2,17,18,19,20,22). The second-order valence-corrected chi connectivity index (χ2v) is 6.00. The Kier molecular flexibility index (Phi) is 5.68. The number of hydrogen-bond acceptors (Lipinski definition) is 4. The number of unbranched alkanes of at least 4 members (excludes halogenated alkanes) is 1. The van der Waals surface area contributed by atoms with Crippen LogP contribution in [-0.4, -0.2) is 23.5 Å². The van der Waals surface area contributed by atoms with Crippen LogP contribution in [0.1, 0.15) is 25.3 Å². The normalized spacial score (nSPS) is 14.5. The molecule has 1 aliphatic heterocycles. The molecule has 22 heavy (non-hydrogen) atoms. The number of carbonyl (C=O) groups is 2. The minimum absolute atomic E-state index is 0.00737. The molecule has 1 aromatic carbocycles. The van der Waals surface area contributed by atoms with Crippen LogP contribution in [0.5, 0.6) is 5.75 Å². The van der Waals surface area contributed by atoms with Crippen molar-refractivity contribution in [1.29, 1.82) is 0 Å². The Hall–Kier alpha value is -1.73. The highest BCUT2D eigenvalue weighted by atomic mass is 79.9. The summed E-state index contributed by atoms with van der Waals surface area (Å²) < 4.78 is 6.54. The van der Waals surface area contributed by atoms with Crippen molar-refractivity contribution in [2.45, 2.75) is 19.8 Å². The van der Waals surface area contributed by atoms with E-state index in [4.69, 9.17) is 17.0 Å². The molecule has 116 valence electrons. The maximum absolute atomic E-state index is 11.9. The zero-order valence-corrected chi connectivity index (χ0v) is 14.3. The Morgan fingerprint density at radius 3 is 2.59 bits per heavy atom. The van der Waals surface area contributed by atoms with Crippen LogP contribution in [0.15, 0.2) is 28.2 Å². The average Bonchev–Trinajstić information content (AvgIpc) is 2.45. The summed E-state index contributed by atoms with van der Waals surface area (Å²) in [5, 5.41) is 4.83. The van der Waals surface area contributed by atoms with Crippen molar-refractivity contribution in [3.8, 4) is 5.75 Å². The number of rotatable bonds is 5. The van der Waals surface area contributed by atoms with Gasteiger partial charge in [-0.3, -0.25) is 20.2 Å². The number of nitrogens with one attached hydrogen (secondary N) is 2. The Balaban J connectivity index is 2.32. The van der Waals surface area contributed by atoms with Crippen molar-refractivity contribution < 1.29 is 14.3 Å². The number of amides is 2. The first-order valence-corrected chi connectivity index (χ1v) is 8.02. The highest BCUT2D eigenvalue weighted by molar-refractivity contribution is 9.10. The van der Waals surface area contributed by atoms with Crippen molar-refractivity contribution in [1.82, 2.24) is 10.6 Å². The predicted octanol–water partition coefficient (Wildman–Crippen LogP) is 2.54. The molecule has 1 heterocycles. The predicted molar refractivity (Wildman–Crippen MR) is 91.4 cm³/mol. The summed E-state index contributed by atoms with van der Waals surface area (Å²) in [7, 11) is 0. The third-order valence-electron chi connectivity index (χ3n) is 2.97. The molecule has 0 unspecified atom stereocenters. The number of carbonyl (C=O) groups excluding carboxylic acids is 2. The quantitative estimate of drug-likeness (QED) is 0.355. The molecule has 0 aromatic heterocycles. The number of halogens is 1. The van der Waals surface area contributed by atoms with Crippen LogP contribution >= 0.6 is 28.1 Å². The third kappa shape index (κ3) is 4.14. The first-order valence-electron chi connectivity index (χ1n) is 6.82. The minimum Gasteiger partial charge on any atom is -0.493 e. The van der Waals surface area contributed by atoms with Gasteiger partial charge in [0.05, 0.1) is 6.61 Å². The Morgan fingerprint density at radius 1 is 1.27 bits per heavy atom. The summed E-state index contributed by atoms with van der Waals surface area (Å²) in [5.41, 5.74) is 0.644. The molecule has 0 radical (unpaired) electrons. The molecule has 0 aliphatic carbocycles. The van der Waals surface area contributed by atoms with Crippen molar-refractivity contribution in [2.24, 2.45) is 0 Å². The summed E-state index contributed by atoms with van der Waals surface area (Å²) in [6, 6.07) is 5.44. The molecule has 1 aromatic rings. The van der Waals surface area contributed by atoms with Crippen LogP contribution in [0.2, 0.25) is 0 Å². The number of thiocarbonyl (C=S) groups is 1. The maximum atomic E-state index is 11.9. The number of benzene rings is 1. The van der Waals surface area contributed by atoms with Gasteiger partial charge in [0.2, 0.25) is 0 Å². The molecule has 0 spiro atoms. The van der Waals surface area contributed by atoms with Crippen molar-refractivity contribution in [3.05, 3.63) is 33.8 Å². The highest BCUT2D eigenvalue weighted by Gasteiger charge is 2.26. The van der Waals surface area contributed by atoms with Gasteiger partial charge in [-0.05, 0) is 42.9 Å². The molecule has 1 saturated heterocycles. The SMILES string of the molecule is CCCCOc1ccc(Br)cc1C=C1C(=O)NC(=S)NC1=O. The van der Waals surface area contributed by atoms with Gasteiger partial charge in [0, 0.05) is 10.0 Å². The summed E-state index contributed by atoms with van der Waals surface area (Å²) >= 11 is 8.15. The topological polar surface area (TPSA) is 67.4 Å².